The van der Waals surface area contributed by atoms with Crippen LogP contribution in [0.1, 0.15) is 44.6 Å². The molecule has 0 spiro atoms. The summed E-state index contributed by atoms with van der Waals surface area (Å²) in [5.41, 5.74) is 8.49. The van der Waals surface area contributed by atoms with Gasteiger partial charge in [-0.1, -0.05) is 25.5 Å². The minimum atomic E-state index is 0.144. The maximum Gasteiger partial charge on any atom is 0.227 e. The van der Waals surface area contributed by atoms with Crippen molar-refractivity contribution in [3.63, 3.8) is 0 Å². The first-order chi connectivity index (χ1) is 10.2. The van der Waals surface area contributed by atoms with Crippen molar-refractivity contribution in [3.8, 4) is 0 Å². The summed E-state index contributed by atoms with van der Waals surface area (Å²) < 4.78 is 0. The molecule has 2 aliphatic rings. The third-order valence-corrected chi connectivity index (χ3v) is 5.39. The Morgan fingerprint density at radius 1 is 1.29 bits per heavy atom. The van der Waals surface area contributed by atoms with E-state index in [-0.39, 0.29) is 11.8 Å². The summed E-state index contributed by atoms with van der Waals surface area (Å²) in [5, 5.41) is 3.11. The molecule has 2 saturated carbocycles. The lowest BCUT2D eigenvalue weighted by Gasteiger charge is -2.43. The number of benzene rings is 1. The fraction of sp³-hybridized carbons (Fsp3) is 0.611. The van der Waals surface area contributed by atoms with Gasteiger partial charge in [-0.05, 0) is 61.6 Å². The smallest absolute Gasteiger partial charge is 0.227 e. The van der Waals surface area contributed by atoms with E-state index in [0.717, 1.165) is 24.9 Å². The Bertz CT molecular complexity index is 500. The number of anilines is 1. The fourth-order valence-electron chi connectivity index (χ4n) is 4.12. The van der Waals surface area contributed by atoms with Crippen LogP contribution in [0.2, 0.25) is 0 Å². The van der Waals surface area contributed by atoms with Crippen molar-refractivity contribution in [2.45, 2.75) is 51.5 Å². The Kier molecular flexibility index (Phi) is 4.29. The third-order valence-electron chi connectivity index (χ3n) is 5.39. The Morgan fingerprint density at radius 2 is 2.00 bits per heavy atom. The molecule has 3 heteroatoms. The SMILES string of the molecule is CCc1cccc(NC(=O)C2CC3CCCC(C2)C3N)c1. The number of rotatable bonds is 3. The summed E-state index contributed by atoms with van der Waals surface area (Å²) in [6, 6.07) is 8.49. The lowest BCUT2D eigenvalue weighted by atomic mass is 9.65. The molecule has 1 amide bonds. The van der Waals surface area contributed by atoms with Crippen LogP contribution < -0.4 is 11.1 Å². The summed E-state index contributed by atoms with van der Waals surface area (Å²) in [4.78, 5) is 12.6. The molecule has 1 aromatic rings. The highest BCUT2D eigenvalue weighted by molar-refractivity contribution is 5.92. The normalized spacial score (nSPS) is 31.7. The summed E-state index contributed by atoms with van der Waals surface area (Å²) in [6.07, 6.45) is 6.62. The van der Waals surface area contributed by atoms with Gasteiger partial charge >= 0.3 is 0 Å². The van der Waals surface area contributed by atoms with Gasteiger partial charge in [-0.3, -0.25) is 4.79 Å². The zero-order valence-corrected chi connectivity index (χ0v) is 12.8. The Balaban J connectivity index is 1.65. The Labute approximate surface area is 127 Å². The fourth-order valence-corrected chi connectivity index (χ4v) is 4.12. The highest BCUT2D eigenvalue weighted by Crippen LogP contribution is 2.42. The molecule has 21 heavy (non-hydrogen) atoms. The van der Waals surface area contributed by atoms with E-state index >= 15 is 0 Å². The van der Waals surface area contributed by atoms with Crippen molar-refractivity contribution in [3.05, 3.63) is 29.8 Å². The standard InChI is InChI=1S/C18H26N2O/c1-2-12-5-3-8-16(9-12)20-18(21)15-10-13-6-4-7-14(11-15)17(13)19/h3,5,8-9,13-15,17H,2,4,6-7,10-11,19H2,1H3,(H,20,21). The van der Waals surface area contributed by atoms with Gasteiger partial charge in [-0.15, -0.1) is 0 Å². The largest absolute Gasteiger partial charge is 0.327 e. The van der Waals surface area contributed by atoms with Crippen LogP contribution in [0.3, 0.4) is 0 Å². The minimum absolute atomic E-state index is 0.144. The van der Waals surface area contributed by atoms with E-state index in [4.69, 9.17) is 5.73 Å². The number of fused-ring (bicyclic) bond motifs is 2. The predicted octanol–water partition coefficient (Wildman–Crippen LogP) is 3.34. The van der Waals surface area contributed by atoms with Gasteiger partial charge in [0.25, 0.3) is 0 Å². The van der Waals surface area contributed by atoms with Gasteiger partial charge in [0, 0.05) is 17.6 Å². The van der Waals surface area contributed by atoms with Crippen molar-refractivity contribution in [1.29, 1.82) is 0 Å². The molecule has 2 aliphatic carbocycles. The number of nitrogens with two attached hydrogens (primary N) is 1. The van der Waals surface area contributed by atoms with Crippen molar-refractivity contribution in [1.82, 2.24) is 0 Å². The third kappa shape index (κ3) is 3.13. The molecule has 0 saturated heterocycles. The lowest BCUT2D eigenvalue weighted by molar-refractivity contribution is -0.122. The van der Waals surface area contributed by atoms with E-state index in [9.17, 15) is 4.79 Å². The van der Waals surface area contributed by atoms with Crippen LogP contribution in [0.15, 0.2) is 24.3 Å². The maximum atomic E-state index is 12.6. The highest BCUT2D eigenvalue weighted by atomic mass is 16.1. The van der Waals surface area contributed by atoms with E-state index in [1.54, 1.807) is 0 Å². The van der Waals surface area contributed by atoms with Crippen LogP contribution in [0.5, 0.6) is 0 Å². The van der Waals surface area contributed by atoms with E-state index in [1.165, 1.54) is 24.8 Å². The molecule has 114 valence electrons. The molecule has 3 nitrogen and oxygen atoms in total. The van der Waals surface area contributed by atoms with Crippen LogP contribution in [0.25, 0.3) is 0 Å². The van der Waals surface area contributed by atoms with Gasteiger partial charge in [0.05, 0.1) is 0 Å². The molecule has 0 aliphatic heterocycles. The summed E-state index contributed by atoms with van der Waals surface area (Å²) >= 11 is 0. The number of hydrogen-bond donors (Lipinski definition) is 2. The predicted molar refractivity (Wildman–Crippen MR) is 86.0 cm³/mol. The van der Waals surface area contributed by atoms with Crippen molar-refractivity contribution < 1.29 is 4.79 Å². The van der Waals surface area contributed by atoms with Crippen LogP contribution in [0, 0.1) is 17.8 Å². The van der Waals surface area contributed by atoms with Crippen LogP contribution in [-0.4, -0.2) is 11.9 Å². The molecule has 2 bridgehead atoms. The first-order valence-corrected chi connectivity index (χ1v) is 8.32. The monoisotopic (exact) mass is 286 g/mol. The average molecular weight is 286 g/mol. The molecule has 3 N–H and O–H groups in total. The lowest BCUT2D eigenvalue weighted by Crippen LogP contribution is -2.48. The molecule has 3 rings (SSSR count). The molecule has 2 unspecified atom stereocenters. The second kappa shape index (κ2) is 6.18. The molecule has 0 heterocycles. The second-order valence-corrected chi connectivity index (χ2v) is 6.74. The Hall–Kier alpha value is -1.35. The average Bonchev–Trinajstić information content (AvgIpc) is 2.47. The van der Waals surface area contributed by atoms with E-state index in [0.29, 0.717) is 17.9 Å². The molecular formula is C18H26N2O. The van der Waals surface area contributed by atoms with Gasteiger partial charge in [0.1, 0.15) is 0 Å². The van der Waals surface area contributed by atoms with Gasteiger partial charge in [-0.2, -0.15) is 0 Å². The maximum absolute atomic E-state index is 12.6. The second-order valence-electron chi connectivity index (χ2n) is 6.74. The van der Waals surface area contributed by atoms with Crippen molar-refractivity contribution in [2.24, 2.45) is 23.5 Å². The van der Waals surface area contributed by atoms with Gasteiger partial charge in [0.2, 0.25) is 5.91 Å². The molecule has 2 fully saturated rings. The quantitative estimate of drug-likeness (QED) is 0.895. The van der Waals surface area contributed by atoms with Crippen LogP contribution >= 0.6 is 0 Å². The molecule has 0 radical (unpaired) electrons. The van der Waals surface area contributed by atoms with Crippen LogP contribution in [0.4, 0.5) is 5.69 Å². The zero-order valence-electron chi connectivity index (χ0n) is 12.8. The Morgan fingerprint density at radius 3 is 2.67 bits per heavy atom. The summed E-state index contributed by atoms with van der Waals surface area (Å²) in [5.74, 6) is 1.43. The van der Waals surface area contributed by atoms with Gasteiger partial charge in [0.15, 0.2) is 0 Å². The molecule has 0 aromatic heterocycles. The van der Waals surface area contributed by atoms with Gasteiger partial charge in [-0.25, -0.2) is 0 Å². The van der Waals surface area contributed by atoms with E-state index in [2.05, 4.69) is 24.4 Å². The summed E-state index contributed by atoms with van der Waals surface area (Å²) in [6.45, 7) is 2.13. The number of carbonyl (C=O) groups excluding carboxylic acids is 1. The zero-order chi connectivity index (χ0) is 14.8. The first-order valence-electron chi connectivity index (χ1n) is 8.32. The molecule has 2 atom stereocenters. The van der Waals surface area contributed by atoms with Crippen molar-refractivity contribution in [2.75, 3.05) is 5.32 Å². The highest BCUT2D eigenvalue weighted by Gasteiger charge is 2.40. The molecular weight excluding hydrogens is 260 g/mol. The summed E-state index contributed by atoms with van der Waals surface area (Å²) in [7, 11) is 0. The molecule has 1 aromatic carbocycles. The van der Waals surface area contributed by atoms with E-state index < -0.39 is 0 Å². The number of hydrogen-bond acceptors (Lipinski definition) is 2. The number of carbonyl (C=O) groups is 1. The van der Waals surface area contributed by atoms with Crippen molar-refractivity contribution >= 4 is 11.6 Å². The number of nitrogens with one attached hydrogen (secondary N) is 1. The van der Waals surface area contributed by atoms with Gasteiger partial charge < -0.3 is 11.1 Å². The van der Waals surface area contributed by atoms with E-state index in [1.807, 2.05) is 12.1 Å². The minimum Gasteiger partial charge on any atom is -0.327 e. The first kappa shape index (κ1) is 14.6. The topological polar surface area (TPSA) is 55.1 Å². The number of amides is 1. The van der Waals surface area contributed by atoms with Crippen LogP contribution in [-0.2, 0) is 11.2 Å². The number of aryl methyl sites for hydroxylation is 1.